The monoisotopic (exact) mass is 268 g/mol. The van der Waals surface area contributed by atoms with Crippen molar-refractivity contribution in [2.75, 3.05) is 40.4 Å². The van der Waals surface area contributed by atoms with Crippen molar-refractivity contribution in [2.24, 2.45) is 11.3 Å². The van der Waals surface area contributed by atoms with Gasteiger partial charge in [-0.2, -0.15) is 0 Å². The maximum absolute atomic E-state index is 5.55. The Bertz CT molecular complexity index is 258. The van der Waals surface area contributed by atoms with Gasteiger partial charge in [-0.25, -0.2) is 0 Å². The Kier molecular flexibility index (Phi) is 5.67. The third-order valence-electron chi connectivity index (χ3n) is 5.33. The molecule has 2 unspecified atom stereocenters. The van der Waals surface area contributed by atoms with Crippen LogP contribution in [0.2, 0.25) is 0 Å². The molecule has 112 valence electrons. The summed E-state index contributed by atoms with van der Waals surface area (Å²) in [6.07, 6.45) is 8.15. The highest BCUT2D eigenvalue weighted by Crippen LogP contribution is 2.34. The lowest BCUT2D eigenvalue weighted by atomic mass is 9.77. The lowest BCUT2D eigenvalue weighted by Gasteiger charge is -2.44. The van der Waals surface area contributed by atoms with Crippen molar-refractivity contribution in [3.63, 3.8) is 0 Å². The van der Waals surface area contributed by atoms with E-state index in [1.807, 2.05) is 7.11 Å². The van der Waals surface area contributed by atoms with E-state index in [1.165, 1.54) is 45.1 Å². The largest absolute Gasteiger partial charge is 0.384 e. The van der Waals surface area contributed by atoms with E-state index in [2.05, 4.69) is 24.2 Å². The van der Waals surface area contributed by atoms with Crippen molar-refractivity contribution in [1.82, 2.24) is 10.2 Å². The van der Waals surface area contributed by atoms with E-state index >= 15 is 0 Å². The first kappa shape index (κ1) is 15.3. The minimum Gasteiger partial charge on any atom is -0.384 e. The van der Waals surface area contributed by atoms with Gasteiger partial charge < -0.3 is 15.0 Å². The quantitative estimate of drug-likeness (QED) is 0.829. The summed E-state index contributed by atoms with van der Waals surface area (Å²) in [6.45, 7) is 6.86. The highest BCUT2D eigenvalue weighted by atomic mass is 16.5. The molecule has 0 amide bonds. The van der Waals surface area contributed by atoms with Gasteiger partial charge in [-0.05, 0) is 51.7 Å². The third-order valence-corrected chi connectivity index (χ3v) is 5.33. The van der Waals surface area contributed by atoms with Gasteiger partial charge in [0, 0.05) is 25.1 Å². The second-order valence-corrected chi connectivity index (χ2v) is 6.93. The molecule has 3 nitrogen and oxygen atoms in total. The summed E-state index contributed by atoms with van der Waals surface area (Å²) in [4.78, 5) is 2.65. The van der Waals surface area contributed by atoms with Crippen LogP contribution in [0.25, 0.3) is 0 Å². The number of ether oxygens (including phenoxy) is 1. The number of nitrogens with one attached hydrogen (secondary N) is 1. The van der Waals surface area contributed by atoms with E-state index in [0.29, 0.717) is 5.41 Å². The number of nitrogens with zero attached hydrogens (tertiary/aromatic N) is 1. The maximum Gasteiger partial charge on any atom is 0.0531 e. The lowest BCUT2D eigenvalue weighted by Crippen LogP contribution is -2.50. The van der Waals surface area contributed by atoms with Gasteiger partial charge in [-0.3, -0.25) is 0 Å². The first-order chi connectivity index (χ1) is 9.17. The highest BCUT2D eigenvalue weighted by Gasteiger charge is 2.36. The zero-order chi connectivity index (χ0) is 13.7. The number of rotatable bonds is 5. The zero-order valence-electron chi connectivity index (χ0n) is 13.1. The topological polar surface area (TPSA) is 24.5 Å². The van der Waals surface area contributed by atoms with Crippen molar-refractivity contribution in [2.45, 2.75) is 51.5 Å². The van der Waals surface area contributed by atoms with E-state index in [1.54, 1.807) is 0 Å². The maximum atomic E-state index is 5.55. The average molecular weight is 268 g/mol. The van der Waals surface area contributed by atoms with E-state index in [-0.39, 0.29) is 0 Å². The molecule has 1 saturated heterocycles. The van der Waals surface area contributed by atoms with Crippen molar-refractivity contribution < 1.29 is 4.74 Å². The number of hydrogen-bond acceptors (Lipinski definition) is 3. The van der Waals surface area contributed by atoms with E-state index < -0.39 is 0 Å². The van der Waals surface area contributed by atoms with E-state index in [9.17, 15) is 0 Å². The second kappa shape index (κ2) is 7.05. The summed E-state index contributed by atoms with van der Waals surface area (Å²) < 4.78 is 5.55. The Labute approximate surface area is 119 Å². The minimum atomic E-state index is 0.381. The Hall–Kier alpha value is -0.120. The first-order valence-electron chi connectivity index (χ1n) is 8.07. The highest BCUT2D eigenvalue weighted by molar-refractivity contribution is 4.90. The Morgan fingerprint density at radius 1 is 1.21 bits per heavy atom. The molecule has 3 heteroatoms. The third kappa shape index (κ3) is 3.93. The van der Waals surface area contributed by atoms with Gasteiger partial charge in [-0.15, -0.1) is 0 Å². The van der Waals surface area contributed by atoms with Crippen LogP contribution in [0.1, 0.15) is 45.4 Å². The van der Waals surface area contributed by atoms with Gasteiger partial charge in [0.05, 0.1) is 6.61 Å². The fraction of sp³-hybridized carbons (Fsp3) is 1.00. The van der Waals surface area contributed by atoms with Crippen LogP contribution < -0.4 is 5.32 Å². The smallest absolute Gasteiger partial charge is 0.0531 e. The standard InChI is InChI=1S/C16H32N2O/c1-14-6-4-5-7-15(14)18(2)12-16(13-19-3)8-10-17-11-9-16/h14-15,17H,4-13H2,1-3H3. The van der Waals surface area contributed by atoms with Gasteiger partial charge in [0.1, 0.15) is 0 Å². The summed E-state index contributed by atoms with van der Waals surface area (Å²) in [5.41, 5.74) is 0.381. The van der Waals surface area contributed by atoms with Crippen molar-refractivity contribution in [1.29, 1.82) is 0 Å². The molecule has 0 radical (unpaired) electrons. The Balaban J connectivity index is 1.95. The van der Waals surface area contributed by atoms with Crippen LogP contribution in [0, 0.1) is 11.3 Å². The summed E-state index contributed by atoms with van der Waals surface area (Å²) in [5.74, 6) is 0.861. The fourth-order valence-corrected chi connectivity index (χ4v) is 4.21. The lowest BCUT2D eigenvalue weighted by molar-refractivity contribution is 0.00624. The molecule has 0 aromatic heterocycles. The fourth-order valence-electron chi connectivity index (χ4n) is 4.21. The molecule has 0 aromatic rings. The van der Waals surface area contributed by atoms with Gasteiger partial charge in [0.15, 0.2) is 0 Å². The van der Waals surface area contributed by atoms with E-state index in [0.717, 1.165) is 31.7 Å². The zero-order valence-corrected chi connectivity index (χ0v) is 13.1. The Morgan fingerprint density at radius 2 is 1.89 bits per heavy atom. The minimum absolute atomic E-state index is 0.381. The molecule has 2 atom stereocenters. The number of piperidine rings is 1. The van der Waals surface area contributed by atoms with Crippen LogP contribution in [-0.4, -0.2) is 51.3 Å². The average Bonchev–Trinajstić information content (AvgIpc) is 2.40. The molecule has 2 rings (SSSR count). The predicted octanol–water partition coefficient (Wildman–Crippen LogP) is 2.51. The predicted molar refractivity (Wildman–Crippen MR) is 80.5 cm³/mol. The van der Waals surface area contributed by atoms with Crippen molar-refractivity contribution in [3.05, 3.63) is 0 Å². The molecule has 19 heavy (non-hydrogen) atoms. The van der Waals surface area contributed by atoms with Gasteiger partial charge in [-0.1, -0.05) is 19.8 Å². The molecule has 0 bridgehead atoms. The second-order valence-electron chi connectivity index (χ2n) is 6.93. The molecule has 0 spiro atoms. The first-order valence-corrected chi connectivity index (χ1v) is 8.07. The molecule has 0 aromatic carbocycles. The molecule has 1 N–H and O–H groups in total. The van der Waals surface area contributed by atoms with Crippen molar-refractivity contribution >= 4 is 0 Å². The van der Waals surface area contributed by atoms with Crippen LogP contribution in [0.15, 0.2) is 0 Å². The SMILES string of the molecule is COCC1(CN(C)C2CCCCC2C)CCNCC1. The molecule has 1 aliphatic carbocycles. The molecule has 1 aliphatic heterocycles. The van der Waals surface area contributed by atoms with Gasteiger partial charge in [0.2, 0.25) is 0 Å². The van der Waals surface area contributed by atoms with Gasteiger partial charge in [0.25, 0.3) is 0 Å². The van der Waals surface area contributed by atoms with Crippen LogP contribution in [0.4, 0.5) is 0 Å². The van der Waals surface area contributed by atoms with Gasteiger partial charge >= 0.3 is 0 Å². The van der Waals surface area contributed by atoms with Crippen LogP contribution in [0.3, 0.4) is 0 Å². The molecule has 1 saturated carbocycles. The molecular formula is C16H32N2O. The summed E-state index contributed by atoms with van der Waals surface area (Å²) >= 11 is 0. The number of methoxy groups -OCH3 is 1. The van der Waals surface area contributed by atoms with Crippen LogP contribution >= 0.6 is 0 Å². The normalized spacial score (nSPS) is 31.6. The van der Waals surface area contributed by atoms with E-state index in [4.69, 9.17) is 4.74 Å². The summed E-state index contributed by atoms with van der Waals surface area (Å²) in [6, 6.07) is 0.789. The summed E-state index contributed by atoms with van der Waals surface area (Å²) in [7, 11) is 4.19. The number of hydrogen-bond donors (Lipinski definition) is 1. The molecule has 2 fully saturated rings. The Morgan fingerprint density at radius 3 is 2.53 bits per heavy atom. The van der Waals surface area contributed by atoms with Crippen LogP contribution in [0.5, 0.6) is 0 Å². The summed E-state index contributed by atoms with van der Waals surface area (Å²) in [5, 5.41) is 3.49. The molecule has 2 aliphatic rings. The van der Waals surface area contributed by atoms with Crippen LogP contribution in [-0.2, 0) is 4.74 Å². The molecular weight excluding hydrogens is 236 g/mol. The van der Waals surface area contributed by atoms with Crippen molar-refractivity contribution in [3.8, 4) is 0 Å². The molecule has 1 heterocycles.